The number of aliphatic carboxylic acids is 1. The first-order chi connectivity index (χ1) is 16.8. The molecule has 8 nitrogen and oxygen atoms in total. The summed E-state index contributed by atoms with van der Waals surface area (Å²) in [5, 5.41) is 12.3. The molecule has 4 unspecified atom stereocenters. The Balaban J connectivity index is 1.46. The Morgan fingerprint density at radius 2 is 1.69 bits per heavy atom. The van der Waals surface area contributed by atoms with E-state index in [0.29, 0.717) is 19.4 Å². The number of carbonyl (C=O) groups is 3. The molecule has 2 N–H and O–H groups in total. The predicted molar refractivity (Wildman–Crippen MR) is 130 cm³/mol. The number of benzene rings is 2. The van der Waals surface area contributed by atoms with Crippen molar-refractivity contribution in [1.82, 2.24) is 10.2 Å². The van der Waals surface area contributed by atoms with Gasteiger partial charge in [-0.3, -0.25) is 4.79 Å². The summed E-state index contributed by atoms with van der Waals surface area (Å²) >= 11 is 0. The fraction of sp³-hybridized carbons (Fsp3) is 0.444. The number of rotatable bonds is 7. The summed E-state index contributed by atoms with van der Waals surface area (Å²) in [5.41, 5.74) is 4.42. The third-order valence-corrected chi connectivity index (χ3v) is 7.16. The van der Waals surface area contributed by atoms with Crippen molar-refractivity contribution in [3.8, 4) is 11.1 Å². The number of likely N-dealkylation sites (tertiary alicyclic amines) is 1. The Labute approximate surface area is 205 Å². The molecule has 1 fully saturated rings. The third kappa shape index (κ3) is 5.03. The smallest absolute Gasteiger partial charge is 0.407 e. The number of nitrogens with zero attached hydrogens (tertiary/aromatic N) is 1. The van der Waals surface area contributed by atoms with Crippen LogP contribution in [0.25, 0.3) is 11.1 Å². The number of carboxylic acid groups (broad SMARTS) is 1. The number of methoxy groups -OCH3 is 1. The van der Waals surface area contributed by atoms with Crippen molar-refractivity contribution in [2.45, 2.75) is 50.8 Å². The van der Waals surface area contributed by atoms with E-state index in [2.05, 4.69) is 17.4 Å². The van der Waals surface area contributed by atoms with Gasteiger partial charge in [0.05, 0.1) is 6.10 Å². The quantitative estimate of drug-likeness (QED) is 0.627. The summed E-state index contributed by atoms with van der Waals surface area (Å²) < 4.78 is 10.9. The number of piperidine rings is 1. The molecule has 4 rings (SSSR count). The van der Waals surface area contributed by atoms with Crippen LogP contribution in [0.4, 0.5) is 4.79 Å². The molecule has 2 aliphatic rings. The van der Waals surface area contributed by atoms with E-state index < -0.39 is 36.2 Å². The maximum absolute atomic E-state index is 13.4. The van der Waals surface area contributed by atoms with E-state index in [1.807, 2.05) is 43.3 Å². The van der Waals surface area contributed by atoms with Gasteiger partial charge >= 0.3 is 12.1 Å². The molecule has 0 bridgehead atoms. The average molecular weight is 481 g/mol. The van der Waals surface area contributed by atoms with Crippen LogP contribution in [-0.2, 0) is 19.1 Å². The van der Waals surface area contributed by atoms with E-state index in [-0.39, 0.29) is 18.4 Å². The molecule has 2 aromatic carbocycles. The maximum atomic E-state index is 13.4. The van der Waals surface area contributed by atoms with Crippen LogP contribution in [0.15, 0.2) is 48.5 Å². The average Bonchev–Trinajstić information content (AvgIpc) is 3.18. The lowest BCUT2D eigenvalue weighted by Gasteiger charge is -2.38. The highest BCUT2D eigenvalue weighted by Crippen LogP contribution is 2.44. The molecule has 0 saturated carbocycles. The zero-order valence-electron chi connectivity index (χ0n) is 20.3. The number of fused-ring (bicyclic) bond motifs is 3. The van der Waals surface area contributed by atoms with E-state index in [9.17, 15) is 19.5 Å². The van der Waals surface area contributed by atoms with Crippen LogP contribution in [0.1, 0.15) is 43.7 Å². The van der Waals surface area contributed by atoms with Gasteiger partial charge in [-0.25, -0.2) is 9.59 Å². The highest BCUT2D eigenvalue weighted by Gasteiger charge is 2.40. The SMILES string of the molecule is COC(C)C(NC(=O)OCC1c2ccccc2-c2ccccc21)C(=O)N1CCC(C)CC1C(=O)O. The zero-order chi connectivity index (χ0) is 25.1. The topological polar surface area (TPSA) is 105 Å². The predicted octanol–water partition coefficient (Wildman–Crippen LogP) is 3.64. The first kappa shape index (κ1) is 24.7. The summed E-state index contributed by atoms with van der Waals surface area (Å²) in [4.78, 5) is 39.3. The molecule has 0 spiro atoms. The van der Waals surface area contributed by atoms with Crippen molar-refractivity contribution in [3.05, 3.63) is 59.7 Å². The van der Waals surface area contributed by atoms with Crippen LogP contribution < -0.4 is 5.32 Å². The Morgan fingerprint density at radius 3 is 2.26 bits per heavy atom. The summed E-state index contributed by atoms with van der Waals surface area (Å²) in [6.45, 7) is 4.06. The van der Waals surface area contributed by atoms with E-state index in [1.54, 1.807) is 6.92 Å². The Bertz CT molecular complexity index is 1060. The van der Waals surface area contributed by atoms with Gasteiger partial charge in [0.2, 0.25) is 5.91 Å². The lowest BCUT2D eigenvalue weighted by Crippen LogP contribution is -2.59. The molecule has 1 aliphatic heterocycles. The van der Waals surface area contributed by atoms with Gasteiger partial charge in [-0.2, -0.15) is 0 Å². The Morgan fingerprint density at radius 1 is 1.09 bits per heavy atom. The Hall–Kier alpha value is -3.39. The van der Waals surface area contributed by atoms with Crippen LogP contribution >= 0.6 is 0 Å². The summed E-state index contributed by atoms with van der Waals surface area (Å²) in [5.74, 6) is -1.43. The second kappa shape index (κ2) is 10.5. The molecule has 4 atom stereocenters. The van der Waals surface area contributed by atoms with E-state index >= 15 is 0 Å². The first-order valence-electron chi connectivity index (χ1n) is 12.0. The standard InChI is InChI=1S/C27H32N2O6/c1-16-12-13-29(23(14-16)26(31)32)25(30)24(17(2)34-3)28-27(33)35-15-22-20-10-6-4-8-18(20)19-9-5-7-11-21(19)22/h4-11,16-17,22-24H,12-15H2,1-3H3,(H,28,33)(H,31,32). The number of ether oxygens (including phenoxy) is 2. The van der Waals surface area contributed by atoms with E-state index in [0.717, 1.165) is 22.3 Å². The van der Waals surface area contributed by atoms with Gasteiger partial charge in [-0.1, -0.05) is 55.5 Å². The number of hydrogen-bond donors (Lipinski definition) is 2. The number of nitrogens with one attached hydrogen (secondary N) is 1. The molecule has 2 aromatic rings. The van der Waals surface area contributed by atoms with E-state index in [1.165, 1.54) is 12.0 Å². The molecular weight excluding hydrogens is 448 g/mol. The van der Waals surface area contributed by atoms with Crippen molar-refractivity contribution in [3.63, 3.8) is 0 Å². The highest BCUT2D eigenvalue weighted by molar-refractivity contribution is 5.90. The molecule has 0 aromatic heterocycles. The molecule has 186 valence electrons. The summed E-state index contributed by atoms with van der Waals surface area (Å²) in [7, 11) is 1.44. The summed E-state index contributed by atoms with van der Waals surface area (Å²) in [6, 6.07) is 14.1. The molecule has 1 saturated heterocycles. The van der Waals surface area contributed by atoms with Gasteiger partial charge < -0.3 is 24.8 Å². The van der Waals surface area contributed by atoms with Gasteiger partial charge in [-0.05, 0) is 47.9 Å². The number of amides is 2. The maximum Gasteiger partial charge on any atom is 0.407 e. The minimum absolute atomic E-state index is 0.109. The number of carboxylic acids is 1. The number of alkyl carbamates (subject to hydrolysis) is 1. The molecule has 2 amide bonds. The van der Waals surface area contributed by atoms with Gasteiger partial charge in [-0.15, -0.1) is 0 Å². The van der Waals surface area contributed by atoms with Crippen molar-refractivity contribution < 1.29 is 29.0 Å². The number of carbonyl (C=O) groups excluding carboxylic acids is 2. The molecule has 1 aliphatic carbocycles. The fourth-order valence-electron chi connectivity index (χ4n) is 5.10. The number of hydrogen-bond acceptors (Lipinski definition) is 5. The lowest BCUT2D eigenvalue weighted by atomic mass is 9.91. The van der Waals surface area contributed by atoms with Crippen LogP contribution in [0.3, 0.4) is 0 Å². The molecule has 0 radical (unpaired) electrons. The zero-order valence-corrected chi connectivity index (χ0v) is 20.3. The Kier molecular flexibility index (Phi) is 7.40. The summed E-state index contributed by atoms with van der Waals surface area (Å²) in [6.07, 6.45) is -0.336. The van der Waals surface area contributed by atoms with Gasteiger partial charge in [0.25, 0.3) is 0 Å². The molecular formula is C27H32N2O6. The lowest BCUT2D eigenvalue weighted by molar-refractivity contribution is -0.155. The van der Waals surface area contributed by atoms with Crippen LogP contribution in [-0.4, -0.2) is 66.4 Å². The van der Waals surface area contributed by atoms with E-state index in [4.69, 9.17) is 9.47 Å². The minimum atomic E-state index is -1.06. The largest absolute Gasteiger partial charge is 0.480 e. The van der Waals surface area contributed by atoms with Crippen molar-refractivity contribution in [2.24, 2.45) is 5.92 Å². The monoisotopic (exact) mass is 480 g/mol. The molecule has 35 heavy (non-hydrogen) atoms. The molecule has 8 heteroatoms. The fourth-order valence-corrected chi connectivity index (χ4v) is 5.10. The van der Waals surface area contributed by atoms with Crippen molar-refractivity contribution in [1.29, 1.82) is 0 Å². The third-order valence-electron chi connectivity index (χ3n) is 7.16. The second-order valence-electron chi connectivity index (χ2n) is 9.40. The van der Waals surface area contributed by atoms with Crippen LogP contribution in [0.2, 0.25) is 0 Å². The van der Waals surface area contributed by atoms with Crippen molar-refractivity contribution in [2.75, 3.05) is 20.3 Å². The van der Waals surface area contributed by atoms with Gasteiger partial charge in [0.1, 0.15) is 18.7 Å². The van der Waals surface area contributed by atoms with Gasteiger partial charge in [0, 0.05) is 19.6 Å². The minimum Gasteiger partial charge on any atom is -0.480 e. The first-order valence-corrected chi connectivity index (χ1v) is 12.0. The normalized spacial score (nSPS) is 20.9. The van der Waals surface area contributed by atoms with Crippen LogP contribution in [0, 0.1) is 5.92 Å². The highest BCUT2D eigenvalue weighted by atomic mass is 16.5. The molecule has 1 heterocycles. The van der Waals surface area contributed by atoms with Crippen LogP contribution in [0.5, 0.6) is 0 Å². The van der Waals surface area contributed by atoms with Crippen molar-refractivity contribution >= 4 is 18.0 Å². The van der Waals surface area contributed by atoms with Gasteiger partial charge in [0.15, 0.2) is 0 Å². The second-order valence-corrected chi connectivity index (χ2v) is 9.40.